The van der Waals surface area contributed by atoms with Crippen LogP contribution in [-0.4, -0.2) is 42.9 Å². The number of fused-ring (bicyclic) bond motifs is 1. The molecule has 24 heavy (non-hydrogen) atoms. The summed E-state index contributed by atoms with van der Waals surface area (Å²) in [4.78, 5) is 26.6. The van der Waals surface area contributed by atoms with Crippen LogP contribution in [0.15, 0.2) is 18.2 Å². The zero-order valence-electron chi connectivity index (χ0n) is 14.0. The lowest BCUT2D eigenvalue weighted by molar-refractivity contribution is -0.126. The van der Waals surface area contributed by atoms with Gasteiger partial charge in [-0.25, -0.2) is 4.39 Å². The number of likely N-dealkylation sites (tertiary alicyclic amines) is 1. The molecule has 0 bridgehead atoms. The van der Waals surface area contributed by atoms with Gasteiger partial charge in [0.25, 0.3) is 0 Å². The van der Waals surface area contributed by atoms with Gasteiger partial charge in [0.15, 0.2) is 0 Å². The molecule has 0 spiro atoms. The van der Waals surface area contributed by atoms with Crippen molar-refractivity contribution in [2.24, 2.45) is 5.92 Å². The Balaban J connectivity index is 1.58. The summed E-state index contributed by atoms with van der Waals surface area (Å²) in [6.07, 6.45) is 2.58. The molecular weight excluding hydrogens is 309 g/mol. The van der Waals surface area contributed by atoms with E-state index in [0.717, 1.165) is 19.6 Å². The second kappa shape index (κ2) is 7.30. The van der Waals surface area contributed by atoms with Crippen molar-refractivity contribution in [3.8, 4) is 0 Å². The van der Waals surface area contributed by atoms with Crippen molar-refractivity contribution in [1.29, 1.82) is 0 Å². The maximum absolute atomic E-state index is 13.3. The zero-order chi connectivity index (χ0) is 17.1. The van der Waals surface area contributed by atoms with Gasteiger partial charge >= 0.3 is 0 Å². The van der Waals surface area contributed by atoms with E-state index in [1.54, 1.807) is 6.07 Å². The average Bonchev–Trinajstić information content (AvgIpc) is 2.53. The lowest BCUT2D eigenvalue weighted by atomic mass is 9.89. The summed E-state index contributed by atoms with van der Waals surface area (Å²) >= 11 is 0. The van der Waals surface area contributed by atoms with Crippen LogP contribution in [0.3, 0.4) is 0 Å². The Kier molecular flexibility index (Phi) is 5.14. The molecule has 2 aliphatic rings. The Labute approximate surface area is 141 Å². The van der Waals surface area contributed by atoms with E-state index in [-0.39, 0.29) is 18.2 Å². The Morgan fingerprint density at radius 1 is 1.46 bits per heavy atom. The van der Waals surface area contributed by atoms with Gasteiger partial charge in [0, 0.05) is 31.7 Å². The van der Waals surface area contributed by atoms with Gasteiger partial charge < -0.3 is 15.5 Å². The van der Waals surface area contributed by atoms with Crippen molar-refractivity contribution >= 4 is 17.5 Å². The third-order valence-electron chi connectivity index (χ3n) is 4.84. The number of nitrogens with zero attached hydrogens (tertiary/aromatic N) is 1. The maximum atomic E-state index is 13.3. The molecule has 2 aliphatic heterocycles. The van der Waals surface area contributed by atoms with Crippen molar-refractivity contribution in [2.45, 2.75) is 32.1 Å². The molecule has 130 valence electrons. The number of piperidine rings is 1. The number of carbonyl (C=O) groups excluding carboxylic acids is 2. The fourth-order valence-electron chi connectivity index (χ4n) is 3.62. The molecule has 0 radical (unpaired) electrons. The Hall–Kier alpha value is -1.95. The van der Waals surface area contributed by atoms with Gasteiger partial charge in [0.1, 0.15) is 5.82 Å². The van der Waals surface area contributed by atoms with Crippen molar-refractivity contribution in [3.63, 3.8) is 0 Å². The van der Waals surface area contributed by atoms with Crippen molar-refractivity contribution in [2.75, 3.05) is 31.5 Å². The lowest BCUT2D eigenvalue weighted by Crippen LogP contribution is -2.42. The van der Waals surface area contributed by atoms with E-state index in [4.69, 9.17) is 0 Å². The first-order chi connectivity index (χ1) is 11.5. The summed E-state index contributed by atoms with van der Waals surface area (Å²) in [7, 11) is 0. The maximum Gasteiger partial charge on any atom is 0.228 e. The third kappa shape index (κ3) is 3.93. The first-order valence-electron chi connectivity index (χ1n) is 8.62. The molecule has 1 fully saturated rings. The molecular formula is C18H24FN3O2. The van der Waals surface area contributed by atoms with Crippen LogP contribution in [0, 0.1) is 11.7 Å². The topological polar surface area (TPSA) is 61.4 Å². The Morgan fingerprint density at radius 3 is 3.08 bits per heavy atom. The molecule has 1 aromatic rings. The second-order valence-electron chi connectivity index (χ2n) is 6.88. The molecule has 1 aromatic carbocycles. The van der Waals surface area contributed by atoms with Gasteiger partial charge in [0.2, 0.25) is 11.8 Å². The van der Waals surface area contributed by atoms with Crippen LogP contribution < -0.4 is 10.6 Å². The number of anilines is 1. The summed E-state index contributed by atoms with van der Waals surface area (Å²) in [6, 6.07) is 4.17. The monoisotopic (exact) mass is 333 g/mol. The highest BCUT2D eigenvalue weighted by Gasteiger charge is 2.30. The molecule has 2 amide bonds. The molecule has 6 heteroatoms. The van der Waals surface area contributed by atoms with Crippen LogP contribution in [0.2, 0.25) is 0 Å². The molecule has 0 aromatic heterocycles. The minimum atomic E-state index is -0.547. The van der Waals surface area contributed by atoms with Gasteiger partial charge in [-0.2, -0.15) is 0 Å². The molecule has 2 unspecified atom stereocenters. The van der Waals surface area contributed by atoms with Gasteiger partial charge in [-0.15, -0.1) is 0 Å². The molecule has 2 heterocycles. The van der Waals surface area contributed by atoms with Gasteiger partial charge in [-0.05, 0) is 43.0 Å². The van der Waals surface area contributed by atoms with Crippen LogP contribution in [0.1, 0.15) is 37.7 Å². The third-order valence-corrected chi connectivity index (χ3v) is 4.84. The number of nitrogens with one attached hydrogen (secondary N) is 2. The first kappa shape index (κ1) is 16.9. The van der Waals surface area contributed by atoms with Gasteiger partial charge in [-0.1, -0.05) is 13.0 Å². The van der Waals surface area contributed by atoms with E-state index in [1.807, 2.05) is 0 Å². The predicted octanol–water partition coefficient (Wildman–Crippen LogP) is 2.10. The van der Waals surface area contributed by atoms with Crippen molar-refractivity contribution in [1.82, 2.24) is 10.2 Å². The van der Waals surface area contributed by atoms with E-state index < -0.39 is 11.7 Å². The number of hydrogen-bond donors (Lipinski definition) is 2. The normalized spacial score (nSPS) is 24.2. The number of carbonyl (C=O) groups is 2. The zero-order valence-corrected chi connectivity index (χ0v) is 14.0. The van der Waals surface area contributed by atoms with Gasteiger partial charge in [0.05, 0.1) is 5.92 Å². The van der Waals surface area contributed by atoms with Gasteiger partial charge in [-0.3, -0.25) is 9.59 Å². The Morgan fingerprint density at radius 2 is 2.29 bits per heavy atom. The molecule has 5 nitrogen and oxygen atoms in total. The summed E-state index contributed by atoms with van der Waals surface area (Å²) in [6.45, 7) is 5.80. The van der Waals surface area contributed by atoms with E-state index in [1.165, 1.54) is 25.0 Å². The molecule has 1 saturated heterocycles. The number of hydrogen-bond acceptors (Lipinski definition) is 3. The van der Waals surface area contributed by atoms with Crippen molar-refractivity contribution in [3.05, 3.63) is 29.6 Å². The second-order valence-corrected chi connectivity index (χ2v) is 6.88. The minimum Gasteiger partial charge on any atom is -0.354 e. The highest BCUT2D eigenvalue weighted by atomic mass is 19.1. The summed E-state index contributed by atoms with van der Waals surface area (Å²) in [5.74, 6) is -0.678. The number of benzene rings is 1. The van der Waals surface area contributed by atoms with Crippen LogP contribution in [0.5, 0.6) is 0 Å². The minimum absolute atomic E-state index is 0.102. The Bertz CT molecular complexity index is 635. The number of rotatable bonds is 4. The van der Waals surface area contributed by atoms with E-state index >= 15 is 0 Å². The van der Waals surface area contributed by atoms with Crippen LogP contribution in [0.4, 0.5) is 10.1 Å². The molecule has 0 aliphatic carbocycles. The van der Waals surface area contributed by atoms with Crippen LogP contribution in [-0.2, 0) is 9.59 Å². The molecule has 3 rings (SSSR count). The molecule has 0 saturated carbocycles. The van der Waals surface area contributed by atoms with Crippen molar-refractivity contribution < 1.29 is 14.0 Å². The highest BCUT2D eigenvalue weighted by Crippen LogP contribution is 2.32. The average molecular weight is 333 g/mol. The summed E-state index contributed by atoms with van der Waals surface area (Å²) < 4.78 is 13.3. The van der Waals surface area contributed by atoms with E-state index in [0.29, 0.717) is 23.7 Å². The standard InChI is InChI=1S/C18H24FN3O2/c1-12-3-2-7-22(11-12)8-6-20-18(24)15-10-17(23)21-16-9-13(19)4-5-14(15)16/h4-5,9,12,15H,2-3,6-8,10-11H2,1H3,(H,20,24)(H,21,23). The quantitative estimate of drug-likeness (QED) is 0.887. The largest absolute Gasteiger partial charge is 0.354 e. The first-order valence-corrected chi connectivity index (χ1v) is 8.62. The SMILES string of the molecule is CC1CCCN(CCNC(=O)C2CC(=O)Nc3cc(F)ccc32)C1. The number of amides is 2. The summed E-state index contributed by atoms with van der Waals surface area (Å²) in [5, 5.41) is 5.57. The lowest BCUT2D eigenvalue weighted by Gasteiger charge is -2.31. The predicted molar refractivity (Wildman–Crippen MR) is 90.2 cm³/mol. The van der Waals surface area contributed by atoms with Crippen LogP contribution in [0.25, 0.3) is 0 Å². The number of halogens is 1. The smallest absolute Gasteiger partial charge is 0.228 e. The fourth-order valence-corrected chi connectivity index (χ4v) is 3.62. The molecule has 2 atom stereocenters. The van der Waals surface area contributed by atoms with E-state index in [9.17, 15) is 14.0 Å². The highest BCUT2D eigenvalue weighted by molar-refractivity contribution is 6.01. The fraction of sp³-hybridized carbons (Fsp3) is 0.556. The van der Waals surface area contributed by atoms with E-state index in [2.05, 4.69) is 22.5 Å². The summed E-state index contributed by atoms with van der Waals surface area (Å²) in [5.41, 5.74) is 1.08. The van der Waals surface area contributed by atoms with Crippen LogP contribution >= 0.6 is 0 Å². The molecule has 2 N–H and O–H groups in total.